The minimum absolute atomic E-state index is 0.00215. The fourth-order valence-corrected chi connectivity index (χ4v) is 1.93. The van der Waals surface area contributed by atoms with Gasteiger partial charge in [0.2, 0.25) is 5.88 Å². The van der Waals surface area contributed by atoms with Gasteiger partial charge in [0.05, 0.1) is 10.7 Å². The van der Waals surface area contributed by atoms with Crippen LogP contribution in [0.2, 0.25) is 5.02 Å². The molecule has 2 rings (SSSR count). The Labute approximate surface area is 115 Å². The third kappa shape index (κ3) is 2.51. The number of hydrogen-bond acceptors (Lipinski definition) is 3. The van der Waals surface area contributed by atoms with Gasteiger partial charge < -0.3 is 10.5 Å². The largest absolute Gasteiger partial charge is 0.434 e. The molecule has 0 saturated carbocycles. The summed E-state index contributed by atoms with van der Waals surface area (Å²) in [6.07, 6.45) is 0. The van der Waals surface area contributed by atoms with Crippen LogP contribution in [0.5, 0.6) is 11.6 Å². The molecule has 0 unspecified atom stereocenters. The van der Waals surface area contributed by atoms with E-state index in [1.807, 2.05) is 13.8 Å². The first-order valence-corrected chi connectivity index (χ1v) is 6.23. The summed E-state index contributed by atoms with van der Waals surface area (Å²) in [7, 11) is 1.69. The van der Waals surface area contributed by atoms with Crippen molar-refractivity contribution in [1.82, 2.24) is 9.78 Å². The zero-order valence-electron chi connectivity index (χ0n) is 10.9. The standard InChI is InChI=1S/C13H15ClFN3O/c1-7(2)12-11(16)13(18(3)17-12)19-9-6-4-5-8(14)10(9)15/h4-7H,16H2,1-3H3. The molecule has 0 aliphatic rings. The highest BCUT2D eigenvalue weighted by atomic mass is 35.5. The van der Waals surface area contributed by atoms with Crippen LogP contribution in [0.15, 0.2) is 18.2 Å². The normalized spacial score (nSPS) is 11.1. The maximum absolute atomic E-state index is 13.8. The zero-order valence-corrected chi connectivity index (χ0v) is 11.7. The molecule has 2 aromatic rings. The Bertz CT molecular complexity index is 610. The van der Waals surface area contributed by atoms with Gasteiger partial charge in [-0.2, -0.15) is 5.10 Å². The Kier molecular flexibility index (Phi) is 3.66. The lowest BCUT2D eigenvalue weighted by molar-refractivity contribution is 0.405. The lowest BCUT2D eigenvalue weighted by Crippen LogP contribution is -1.98. The van der Waals surface area contributed by atoms with Crippen LogP contribution >= 0.6 is 11.6 Å². The van der Waals surface area contributed by atoms with E-state index in [2.05, 4.69) is 5.10 Å². The molecule has 0 amide bonds. The van der Waals surface area contributed by atoms with Crippen LogP contribution in [0.4, 0.5) is 10.1 Å². The van der Waals surface area contributed by atoms with E-state index in [1.165, 1.54) is 16.8 Å². The average molecular weight is 284 g/mol. The Morgan fingerprint density at radius 3 is 2.68 bits per heavy atom. The lowest BCUT2D eigenvalue weighted by Gasteiger charge is -2.08. The predicted molar refractivity (Wildman–Crippen MR) is 73.2 cm³/mol. The molecule has 0 radical (unpaired) electrons. The molecule has 1 aromatic carbocycles. The first-order valence-electron chi connectivity index (χ1n) is 5.86. The second kappa shape index (κ2) is 5.09. The predicted octanol–water partition coefficient (Wildman–Crippen LogP) is 3.71. The number of hydrogen-bond donors (Lipinski definition) is 1. The molecule has 0 saturated heterocycles. The van der Waals surface area contributed by atoms with Crippen LogP contribution in [-0.2, 0) is 7.05 Å². The molecular formula is C13H15ClFN3O. The minimum atomic E-state index is -0.615. The summed E-state index contributed by atoms with van der Waals surface area (Å²) in [5.74, 6) is -0.119. The molecule has 0 fully saturated rings. The van der Waals surface area contributed by atoms with Gasteiger partial charge in [0, 0.05) is 7.05 Å². The van der Waals surface area contributed by atoms with Gasteiger partial charge in [0.1, 0.15) is 5.69 Å². The van der Waals surface area contributed by atoms with Crippen molar-refractivity contribution in [2.24, 2.45) is 7.05 Å². The van der Waals surface area contributed by atoms with E-state index in [9.17, 15) is 4.39 Å². The zero-order chi connectivity index (χ0) is 14.2. The molecule has 0 bridgehead atoms. The van der Waals surface area contributed by atoms with Gasteiger partial charge in [-0.15, -0.1) is 0 Å². The van der Waals surface area contributed by atoms with Crippen LogP contribution in [0.1, 0.15) is 25.5 Å². The highest BCUT2D eigenvalue weighted by Crippen LogP contribution is 2.35. The highest BCUT2D eigenvalue weighted by Gasteiger charge is 2.19. The van der Waals surface area contributed by atoms with E-state index >= 15 is 0 Å². The maximum atomic E-state index is 13.8. The Hall–Kier alpha value is -1.75. The number of anilines is 1. The van der Waals surface area contributed by atoms with Crippen molar-refractivity contribution in [3.05, 3.63) is 34.7 Å². The van der Waals surface area contributed by atoms with E-state index in [-0.39, 0.29) is 16.7 Å². The maximum Gasteiger partial charge on any atom is 0.241 e. The van der Waals surface area contributed by atoms with E-state index in [4.69, 9.17) is 22.1 Å². The second-order valence-corrected chi connectivity index (χ2v) is 4.94. The molecule has 0 aliphatic heterocycles. The summed E-state index contributed by atoms with van der Waals surface area (Å²) in [5.41, 5.74) is 7.11. The average Bonchev–Trinajstić information content (AvgIpc) is 2.63. The van der Waals surface area contributed by atoms with Crippen molar-refractivity contribution < 1.29 is 9.13 Å². The molecule has 0 atom stereocenters. The van der Waals surface area contributed by atoms with Crippen LogP contribution in [-0.4, -0.2) is 9.78 Å². The van der Waals surface area contributed by atoms with Crippen LogP contribution in [0, 0.1) is 5.82 Å². The first kappa shape index (κ1) is 13.7. The molecule has 6 heteroatoms. The van der Waals surface area contributed by atoms with Crippen LogP contribution < -0.4 is 10.5 Å². The van der Waals surface area contributed by atoms with E-state index < -0.39 is 5.82 Å². The number of halogens is 2. The van der Waals surface area contributed by atoms with Gasteiger partial charge in [-0.25, -0.2) is 9.07 Å². The minimum Gasteiger partial charge on any atom is -0.434 e. The van der Waals surface area contributed by atoms with Gasteiger partial charge in [-0.05, 0) is 18.1 Å². The van der Waals surface area contributed by atoms with Crippen molar-refractivity contribution in [2.75, 3.05) is 5.73 Å². The number of ether oxygens (including phenoxy) is 1. The molecule has 1 heterocycles. The summed E-state index contributed by atoms with van der Waals surface area (Å²) < 4.78 is 20.8. The number of nitrogens with zero attached hydrogens (tertiary/aromatic N) is 2. The van der Waals surface area contributed by atoms with Crippen molar-refractivity contribution in [2.45, 2.75) is 19.8 Å². The number of nitrogen functional groups attached to an aromatic ring is 1. The van der Waals surface area contributed by atoms with Crippen LogP contribution in [0.25, 0.3) is 0 Å². The van der Waals surface area contributed by atoms with Crippen molar-refractivity contribution in [1.29, 1.82) is 0 Å². The Morgan fingerprint density at radius 1 is 1.42 bits per heavy atom. The van der Waals surface area contributed by atoms with E-state index in [0.717, 1.165) is 5.69 Å². The summed E-state index contributed by atoms with van der Waals surface area (Å²) in [6, 6.07) is 4.55. The molecular weight excluding hydrogens is 269 g/mol. The Balaban J connectivity index is 2.41. The summed E-state index contributed by atoms with van der Waals surface area (Å²) >= 11 is 5.71. The number of rotatable bonds is 3. The molecule has 4 nitrogen and oxygen atoms in total. The fraction of sp³-hybridized carbons (Fsp3) is 0.308. The lowest BCUT2D eigenvalue weighted by atomic mass is 10.1. The monoisotopic (exact) mass is 283 g/mol. The number of aromatic nitrogens is 2. The summed E-state index contributed by atoms with van der Waals surface area (Å²) in [6.45, 7) is 3.95. The summed E-state index contributed by atoms with van der Waals surface area (Å²) in [5, 5.41) is 4.27. The SMILES string of the molecule is CC(C)c1nn(C)c(Oc2cccc(Cl)c2F)c1N. The Morgan fingerprint density at radius 2 is 2.11 bits per heavy atom. The number of benzene rings is 1. The van der Waals surface area contributed by atoms with Crippen molar-refractivity contribution >= 4 is 17.3 Å². The topological polar surface area (TPSA) is 53.1 Å². The quantitative estimate of drug-likeness (QED) is 0.934. The third-order valence-electron chi connectivity index (χ3n) is 2.73. The van der Waals surface area contributed by atoms with Gasteiger partial charge in [-0.3, -0.25) is 0 Å². The number of aryl methyl sites for hydroxylation is 1. The van der Waals surface area contributed by atoms with Gasteiger partial charge in [0.15, 0.2) is 11.6 Å². The third-order valence-corrected chi connectivity index (χ3v) is 3.02. The molecule has 2 N–H and O–H groups in total. The molecule has 19 heavy (non-hydrogen) atoms. The van der Waals surface area contributed by atoms with Crippen LogP contribution in [0.3, 0.4) is 0 Å². The van der Waals surface area contributed by atoms with E-state index in [0.29, 0.717) is 11.6 Å². The smallest absolute Gasteiger partial charge is 0.241 e. The molecule has 102 valence electrons. The van der Waals surface area contributed by atoms with E-state index in [1.54, 1.807) is 13.1 Å². The van der Waals surface area contributed by atoms with Gasteiger partial charge >= 0.3 is 0 Å². The molecule has 0 aliphatic carbocycles. The molecule has 0 spiro atoms. The number of nitrogens with two attached hydrogens (primary N) is 1. The fourth-order valence-electron chi connectivity index (χ4n) is 1.76. The van der Waals surface area contributed by atoms with Gasteiger partial charge in [0.25, 0.3) is 0 Å². The highest BCUT2D eigenvalue weighted by molar-refractivity contribution is 6.30. The first-order chi connectivity index (χ1) is 8.91. The second-order valence-electron chi connectivity index (χ2n) is 4.54. The summed E-state index contributed by atoms with van der Waals surface area (Å²) in [4.78, 5) is 0. The van der Waals surface area contributed by atoms with Crippen molar-refractivity contribution in [3.63, 3.8) is 0 Å². The molecule has 1 aromatic heterocycles. The van der Waals surface area contributed by atoms with Gasteiger partial charge in [-0.1, -0.05) is 31.5 Å². The van der Waals surface area contributed by atoms with Crippen molar-refractivity contribution in [3.8, 4) is 11.6 Å².